The molecule has 1 aromatic heterocycles. The molecule has 6 nitrogen and oxygen atoms in total. The number of para-hydroxylation sites is 1. The van der Waals surface area contributed by atoms with Crippen LogP contribution in [0.3, 0.4) is 0 Å². The summed E-state index contributed by atoms with van der Waals surface area (Å²) in [6.45, 7) is 0.648. The van der Waals surface area contributed by atoms with Crippen molar-refractivity contribution in [1.82, 2.24) is 10.3 Å². The van der Waals surface area contributed by atoms with Crippen molar-refractivity contribution in [3.05, 3.63) is 70.0 Å². The number of aliphatic hydroxyl groups is 1. The predicted molar refractivity (Wildman–Crippen MR) is 74.0 cm³/mol. The van der Waals surface area contributed by atoms with Crippen molar-refractivity contribution in [3.63, 3.8) is 0 Å². The molecule has 2 aromatic rings. The van der Waals surface area contributed by atoms with Gasteiger partial charge in [-0.1, -0.05) is 18.2 Å². The van der Waals surface area contributed by atoms with Crippen molar-refractivity contribution in [3.8, 4) is 0 Å². The van der Waals surface area contributed by atoms with E-state index in [1.807, 2.05) is 0 Å². The highest BCUT2D eigenvalue weighted by molar-refractivity contribution is 5.39. The van der Waals surface area contributed by atoms with Gasteiger partial charge in [0.2, 0.25) is 0 Å². The van der Waals surface area contributed by atoms with E-state index in [0.717, 1.165) is 5.56 Å². The molecule has 1 unspecified atom stereocenters. The maximum Gasteiger partial charge on any atom is 0.273 e. The molecule has 2 rings (SSSR count). The van der Waals surface area contributed by atoms with Crippen molar-refractivity contribution in [2.45, 2.75) is 12.6 Å². The van der Waals surface area contributed by atoms with Crippen LogP contribution in [0, 0.1) is 10.1 Å². The SMILES string of the molecule is O=[N+]([O-])c1ccccc1CNCC(O)c1ccncc1. The Balaban J connectivity index is 1.92. The van der Waals surface area contributed by atoms with Crippen LogP contribution in [0.5, 0.6) is 0 Å². The number of aliphatic hydroxyl groups excluding tert-OH is 1. The van der Waals surface area contributed by atoms with E-state index in [0.29, 0.717) is 18.7 Å². The van der Waals surface area contributed by atoms with Crippen LogP contribution < -0.4 is 5.32 Å². The van der Waals surface area contributed by atoms with Crippen LogP contribution in [0.25, 0.3) is 0 Å². The summed E-state index contributed by atoms with van der Waals surface area (Å²) in [6.07, 6.45) is 2.56. The number of rotatable bonds is 6. The van der Waals surface area contributed by atoms with Gasteiger partial charge in [0.25, 0.3) is 5.69 Å². The minimum absolute atomic E-state index is 0.0819. The van der Waals surface area contributed by atoms with Crippen molar-refractivity contribution in [2.24, 2.45) is 0 Å². The van der Waals surface area contributed by atoms with E-state index in [1.54, 1.807) is 42.7 Å². The number of nitrogens with one attached hydrogen (secondary N) is 1. The van der Waals surface area contributed by atoms with Gasteiger partial charge in [0.15, 0.2) is 0 Å². The zero-order valence-electron chi connectivity index (χ0n) is 10.8. The minimum atomic E-state index is -0.666. The van der Waals surface area contributed by atoms with E-state index < -0.39 is 11.0 Å². The largest absolute Gasteiger partial charge is 0.387 e. The highest BCUT2D eigenvalue weighted by Crippen LogP contribution is 2.17. The molecular weight excluding hydrogens is 258 g/mol. The fourth-order valence-corrected chi connectivity index (χ4v) is 1.89. The zero-order chi connectivity index (χ0) is 14.4. The number of pyridine rings is 1. The highest BCUT2D eigenvalue weighted by atomic mass is 16.6. The Morgan fingerprint density at radius 3 is 2.65 bits per heavy atom. The topological polar surface area (TPSA) is 88.3 Å². The van der Waals surface area contributed by atoms with Crippen LogP contribution in [0.1, 0.15) is 17.2 Å². The van der Waals surface area contributed by atoms with E-state index >= 15 is 0 Å². The number of aromatic nitrogens is 1. The molecule has 0 aliphatic rings. The van der Waals surface area contributed by atoms with Gasteiger partial charge in [-0.2, -0.15) is 0 Å². The first-order chi connectivity index (χ1) is 9.68. The van der Waals surface area contributed by atoms with Crippen LogP contribution in [-0.4, -0.2) is 21.6 Å². The van der Waals surface area contributed by atoms with Crippen molar-refractivity contribution in [2.75, 3.05) is 6.54 Å². The van der Waals surface area contributed by atoms with Crippen LogP contribution >= 0.6 is 0 Å². The average Bonchev–Trinajstić information content (AvgIpc) is 2.48. The fourth-order valence-electron chi connectivity index (χ4n) is 1.89. The lowest BCUT2D eigenvalue weighted by atomic mass is 10.1. The third-order valence-electron chi connectivity index (χ3n) is 2.93. The summed E-state index contributed by atoms with van der Waals surface area (Å²) in [4.78, 5) is 14.3. The number of hydrogen-bond donors (Lipinski definition) is 2. The quantitative estimate of drug-likeness (QED) is 0.619. The molecule has 1 atom stereocenters. The van der Waals surface area contributed by atoms with E-state index in [1.165, 1.54) is 6.07 Å². The second kappa shape index (κ2) is 6.74. The van der Waals surface area contributed by atoms with E-state index in [2.05, 4.69) is 10.3 Å². The first-order valence-electron chi connectivity index (χ1n) is 6.19. The second-order valence-corrected chi connectivity index (χ2v) is 4.31. The lowest BCUT2D eigenvalue weighted by Crippen LogP contribution is -2.21. The highest BCUT2D eigenvalue weighted by Gasteiger charge is 2.12. The molecule has 2 N–H and O–H groups in total. The molecule has 0 bridgehead atoms. The molecule has 0 radical (unpaired) electrons. The summed E-state index contributed by atoms with van der Waals surface area (Å²) in [5, 5.41) is 23.8. The average molecular weight is 273 g/mol. The Hall–Kier alpha value is -2.31. The molecule has 0 amide bonds. The molecule has 0 aliphatic carbocycles. The van der Waals surface area contributed by atoms with Crippen LogP contribution in [0.15, 0.2) is 48.8 Å². The molecule has 6 heteroatoms. The predicted octanol–water partition coefficient (Wildman–Crippen LogP) is 1.81. The van der Waals surface area contributed by atoms with Crippen molar-refractivity contribution >= 4 is 5.69 Å². The Bertz CT molecular complexity index is 575. The van der Waals surface area contributed by atoms with Gasteiger partial charge in [-0.15, -0.1) is 0 Å². The van der Waals surface area contributed by atoms with Gasteiger partial charge < -0.3 is 10.4 Å². The number of nitro benzene ring substituents is 1. The van der Waals surface area contributed by atoms with E-state index in [-0.39, 0.29) is 5.69 Å². The molecule has 0 aliphatic heterocycles. The minimum Gasteiger partial charge on any atom is -0.387 e. The van der Waals surface area contributed by atoms with Crippen molar-refractivity contribution in [1.29, 1.82) is 0 Å². The van der Waals surface area contributed by atoms with Gasteiger partial charge >= 0.3 is 0 Å². The lowest BCUT2D eigenvalue weighted by Gasteiger charge is -2.12. The Morgan fingerprint density at radius 2 is 1.95 bits per heavy atom. The Morgan fingerprint density at radius 1 is 1.25 bits per heavy atom. The summed E-state index contributed by atoms with van der Waals surface area (Å²) in [5.41, 5.74) is 1.44. The van der Waals surface area contributed by atoms with Gasteiger partial charge in [0.1, 0.15) is 0 Å². The zero-order valence-corrected chi connectivity index (χ0v) is 10.8. The number of benzene rings is 1. The normalized spacial score (nSPS) is 12.1. The second-order valence-electron chi connectivity index (χ2n) is 4.31. The standard InChI is InChI=1S/C14H15N3O3/c18-14(11-5-7-15-8-6-11)10-16-9-12-3-1-2-4-13(12)17(19)20/h1-8,14,16,18H,9-10H2. The van der Waals surface area contributed by atoms with Crippen LogP contribution in [0.4, 0.5) is 5.69 Å². The third kappa shape index (κ3) is 3.59. The monoisotopic (exact) mass is 273 g/mol. The van der Waals surface area contributed by atoms with Crippen LogP contribution in [-0.2, 0) is 6.54 Å². The van der Waals surface area contributed by atoms with E-state index in [4.69, 9.17) is 0 Å². The maximum atomic E-state index is 10.9. The summed E-state index contributed by atoms with van der Waals surface area (Å²) in [6, 6.07) is 10.0. The Kier molecular flexibility index (Phi) is 4.75. The Labute approximate surface area is 116 Å². The summed E-state index contributed by atoms with van der Waals surface area (Å²) in [7, 11) is 0. The molecule has 104 valence electrons. The first-order valence-corrected chi connectivity index (χ1v) is 6.19. The van der Waals surface area contributed by atoms with Crippen molar-refractivity contribution < 1.29 is 10.0 Å². The van der Waals surface area contributed by atoms with Gasteiger partial charge in [0, 0.05) is 37.1 Å². The summed E-state index contributed by atoms with van der Waals surface area (Å²) in [5.74, 6) is 0. The molecule has 1 heterocycles. The molecular formula is C14H15N3O3. The molecule has 0 saturated heterocycles. The molecule has 0 saturated carbocycles. The van der Waals surface area contributed by atoms with Gasteiger partial charge in [-0.3, -0.25) is 15.1 Å². The van der Waals surface area contributed by atoms with Crippen LogP contribution in [0.2, 0.25) is 0 Å². The first kappa shape index (κ1) is 14.1. The fraction of sp³-hybridized carbons (Fsp3) is 0.214. The maximum absolute atomic E-state index is 10.9. The third-order valence-corrected chi connectivity index (χ3v) is 2.93. The number of nitro groups is 1. The summed E-state index contributed by atoms with van der Waals surface area (Å²) < 4.78 is 0. The summed E-state index contributed by atoms with van der Waals surface area (Å²) >= 11 is 0. The molecule has 0 fully saturated rings. The number of nitrogens with zero attached hydrogens (tertiary/aromatic N) is 2. The number of hydrogen-bond acceptors (Lipinski definition) is 5. The van der Waals surface area contributed by atoms with E-state index in [9.17, 15) is 15.2 Å². The molecule has 0 spiro atoms. The van der Waals surface area contributed by atoms with Gasteiger partial charge in [0.05, 0.1) is 11.0 Å². The lowest BCUT2D eigenvalue weighted by molar-refractivity contribution is -0.385. The molecule has 1 aromatic carbocycles. The van der Waals surface area contributed by atoms with Gasteiger partial charge in [-0.25, -0.2) is 0 Å². The van der Waals surface area contributed by atoms with Gasteiger partial charge in [-0.05, 0) is 17.7 Å². The molecule has 20 heavy (non-hydrogen) atoms. The smallest absolute Gasteiger partial charge is 0.273 e.